The van der Waals surface area contributed by atoms with Crippen LogP contribution in [0.15, 0.2) is 41.3 Å². The monoisotopic (exact) mass is 333 g/mol. The zero-order valence-corrected chi connectivity index (χ0v) is 12.9. The number of rotatable bonds is 4. The molecule has 3 rings (SSSR count). The van der Waals surface area contributed by atoms with Gasteiger partial charge in [0.05, 0.1) is 12.8 Å². The second kappa shape index (κ2) is 6.90. The zero-order chi connectivity index (χ0) is 17.1. The van der Waals surface area contributed by atoms with E-state index in [-0.39, 0.29) is 6.61 Å². The minimum absolute atomic E-state index is 0.134. The summed E-state index contributed by atoms with van der Waals surface area (Å²) in [5.74, 6) is -1.80. The number of amides is 1. The van der Waals surface area contributed by atoms with E-state index in [0.29, 0.717) is 12.0 Å². The lowest BCUT2D eigenvalue weighted by Gasteiger charge is -2.13. The van der Waals surface area contributed by atoms with Gasteiger partial charge in [-0.25, -0.2) is 9.18 Å². The number of nitrogens with zero attached hydrogens (tertiary/aromatic N) is 2. The number of halogens is 1. The molecule has 1 aliphatic heterocycles. The molecule has 0 spiro atoms. The number of hydrogen-bond acceptors (Lipinski definition) is 5. The molecule has 1 aliphatic rings. The van der Waals surface area contributed by atoms with Gasteiger partial charge >= 0.3 is 5.69 Å². The van der Waals surface area contributed by atoms with Crippen LogP contribution < -0.4 is 11.0 Å². The summed E-state index contributed by atoms with van der Waals surface area (Å²) in [6, 6.07) is 8.26. The first-order valence-corrected chi connectivity index (χ1v) is 7.50. The maximum absolute atomic E-state index is 14.2. The summed E-state index contributed by atoms with van der Waals surface area (Å²) in [6.45, 7) is 2.01. The molecule has 24 heavy (non-hydrogen) atoms. The van der Waals surface area contributed by atoms with Crippen LogP contribution in [0.2, 0.25) is 0 Å². The lowest BCUT2D eigenvalue weighted by molar-refractivity contribution is -0.0732. The van der Waals surface area contributed by atoms with E-state index < -0.39 is 35.7 Å². The van der Waals surface area contributed by atoms with Gasteiger partial charge in [-0.15, -0.1) is 0 Å². The molecule has 8 heteroatoms. The first kappa shape index (κ1) is 16.3. The molecular formula is C16H16FN3O4. The third kappa shape index (κ3) is 3.34. The van der Waals surface area contributed by atoms with Crippen molar-refractivity contribution in [3.63, 3.8) is 0 Å². The van der Waals surface area contributed by atoms with E-state index in [2.05, 4.69) is 10.3 Å². The van der Waals surface area contributed by atoms with Gasteiger partial charge in [-0.1, -0.05) is 25.1 Å². The summed E-state index contributed by atoms with van der Waals surface area (Å²) in [6.07, 6.45) is 0.416. The molecule has 0 saturated carbocycles. The van der Waals surface area contributed by atoms with Crippen LogP contribution in [-0.2, 0) is 9.47 Å². The van der Waals surface area contributed by atoms with E-state index in [1.165, 1.54) is 0 Å². The molecule has 1 unspecified atom stereocenters. The second-order valence-corrected chi connectivity index (χ2v) is 5.21. The summed E-state index contributed by atoms with van der Waals surface area (Å²) in [5.41, 5.74) is -0.397. The molecule has 0 radical (unpaired) electrons. The number of benzene rings is 1. The molecule has 0 bridgehead atoms. The number of aromatic nitrogens is 2. The fourth-order valence-electron chi connectivity index (χ4n) is 2.31. The van der Waals surface area contributed by atoms with Gasteiger partial charge in [-0.3, -0.25) is 9.36 Å². The SMILES string of the molecule is CC[C@H]1OCC(n2cc(F)c(NC(=O)c3ccccc3)nc2=O)O1. The van der Waals surface area contributed by atoms with Crippen molar-refractivity contribution in [2.45, 2.75) is 25.9 Å². The normalized spacial score (nSPS) is 20.1. The third-order valence-corrected chi connectivity index (χ3v) is 3.55. The highest BCUT2D eigenvalue weighted by Crippen LogP contribution is 2.22. The maximum Gasteiger partial charge on any atom is 0.351 e. The van der Waals surface area contributed by atoms with E-state index in [9.17, 15) is 14.0 Å². The molecule has 1 N–H and O–H groups in total. The van der Waals surface area contributed by atoms with Gasteiger partial charge in [-0.05, 0) is 18.6 Å². The van der Waals surface area contributed by atoms with Crippen LogP contribution in [0.5, 0.6) is 0 Å². The molecule has 1 amide bonds. The Balaban J connectivity index is 1.80. The first-order chi connectivity index (χ1) is 11.6. The standard InChI is InChI=1S/C16H16FN3O4/c1-2-13-23-9-12(24-13)20-8-11(17)14(19-16(20)22)18-15(21)10-6-4-3-5-7-10/h3-8,12-13H,2,9H2,1H3,(H,18,19,21,22)/t12?,13-/m0/s1. The van der Waals surface area contributed by atoms with Crippen molar-refractivity contribution < 1.29 is 18.7 Å². The summed E-state index contributed by atoms with van der Waals surface area (Å²) < 4.78 is 26.0. The van der Waals surface area contributed by atoms with Gasteiger partial charge in [0, 0.05) is 5.56 Å². The maximum atomic E-state index is 14.2. The van der Waals surface area contributed by atoms with Gasteiger partial charge < -0.3 is 14.8 Å². The quantitative estimate of drug-likeness (QED) is 0.924. The molecule has 1 saturated heterocycles. The Bertz CT molecular complexity index is 794. The fraction of sp³-hybridized carbons (Fsp3) is 0.312. The molecule has 1 aromatic carbocycles. The average Bonchev–Trinajstić information content (AvgIpc) is 3.07. The van der Waals surface area contributed by atoms with Crippen LogP contribution >= 0.6 is 0 Å². The Morgan fingerprint density at radius 3 is 2.83 bits per heavy atom. The van der Waals surface area contributed by atoms with Gasteiger partial charge in [0.15, 0.2) is 24.2 Å². The third-order valence-electron chi connectivity index (χ3n) is 3.55. The van der Waals surface area contributed by atoms with Crippen LogP contribution in [0.4, 0.5) is 10.2 Å². The number of anilines is 1. The highest BCUT2D eigenvalue weighted by Gasteiger charge is 2.28. The van der Waals surface area contributed by atoms with Gasteiger partial charge in [0.25, 0.3) is 5.91 Å². The number of ether oxygens (including phenoxy) is 2. The Kier molecular flexibility index (Phi) is 4.68. The minimum atomic E-state index is -0.831. The van der Waals surface area contributed by atoms with Crippen LogP contribution in [0.1, 0.15) is 29.9 Å². The summed E-state index contributed by atoms with van der Waals surface area (Å²) in [4.78, 5) is 27.7. The average molecular weight is 333 g/mol. The Labute approximate surface area is 137 Å². The molecule has 0 aliphatic carbocycles. The molecule has 1 fully saturated rings. The van der Waals surface area contributed by atoms with Crippen molar-refractivity contribution in [2.75, 3.05) is 11.9 Å². The predicted octanol–water partition coefficient (Wildman–Crippen LogP) is 1.92. The van der Waals surface area contributed by atoms with Crippen LogP contribution in [0, 0.1) is 5.82 Å². The first-order valence-electron chi connectivity index (χ1n) is 7.50. The number of hydrogen-bond donors (Lipinski definition) is 1. The molecule has 126 valence electrons. The van der Waals surface area contributed by atoms with Crippen LogP contribution in [0.3, 0.4) is 0 Å². The summed E-state index contributed by atoms with van der Waals surface area (Å²) >= 11 is 0. The molecule has 1 aromatic heterocycles. The van der Waals surface area contributed by atoms with E-state index >= 15 is 0 Å². The van der Waals surface area contributed by atoms with Crippen molar-refractivity contribution in [1.29, 1.82) is 0 Å². The zero-order valence-electron chi connectivity index (χ0n) is 12.9. The largest absolute Gasteiger partial charge is 0.351 e. The number of carbonyl (C=O) groups is 1. The summed E-state index contributed by atoms with van der Waals surface area (Å²) in [5, 5.41) is 2.29. The highest BCUT2D eigenvalue weighted by atomic mass is 19.1. The predicted molar refractivity (Wildman–Crippen MR) is 83.0 cm³/mol. The van der Waals surface area contributed by atoms with Crippen molar-refractivity contribution in [3.8, 4) is 0 Å². The minimum Gasteiger partial charge on any atom is -0.348 e. The van der Waals surface area contributed by atoms with E-state index in [1.54, 1.807) is 30.3 Å². The lowest BCUT2D eigenvalue weighted by atomic mass is 10.2. The van der Waals surface area contributed by atoms with Gasteiger partial charge in [0.1, 0.15) is 0 Å². The van der Waals surface area contributed by atoms with Crippen molar-refractivity contribution in [2.24, 2.45) is 0 Å². The number of nitrogens with one attached hydrogen (secondary N) is 1. The van der Waals surface area contributed by atoms with Crippen molar-refractivity contribution >= 4 is 11.7 Å². The Hall–Kier alpha value is -2.58. The lowest BCUT2D eigenvalue weighted by Crippen LogP contribution is -2.30. The Morgan fingerprint density at radius 1 is 1.42 bits per heavy atom. The molecule has 7 nitrogen and oxygen atoms in total. The fourth-order valence-corrected chi connectivity index (χ4v) is 2.31. The Morgan fingerprint density at radius 2 is 2.17 bits per heavy atom. The summed E-state index contributed by atoms with van der Waals surface area (Å²) in [7, 11) is 0. The number of carbonyl (C=O) groups excluding carboxylic acids is 1. The van der Waals surface area contributed by atoms with E-state index in [4.69, 9.17) is 9.47 Å². The topological polar surface area (TPSA) is 82.5 Å². The van der Waals surface area contributed by atoms with E-state index in [0.717, 1.165) is 10.8 Å². The molecular weight excluding hydrogens is 317 g/mol. The van der Waals surface area contributed by atoms with E-state index in [1.807, 2.05) is 6.92 Å². The van der Waals surface area contributed by atoms with Crippen molar-refractivity contribution in [3.05, 3.63) is 58.4 Å². The van der Waals surface area contributed by atoms with Crippen molar-refractivity contribution in [1.82, 2.24) is 9.55 Å². The molecule has 2 aromatic rings. The van der Waals surface area contributed by atoms with Gasteiger partial charge in [0.2, 0.25) is 0 Å². The van der Waals surface area contributed by atoms with Crippen LogP contribution in [0.25, 0.3) is 0 Å². The highest BCUT2D eigenvalue weighted by molar-refractivity contribution is 6.03. The molecule has 2 heterocycles. The van der Waals surface area contributed by atoms with Crippen LogP contribution in [-0.4, -0.2) is 28.4 Å². The molecule has 2 atom stereocenters. The second-order valence-electron chi connectivity index (χ2n) is 5.21. The smallest absolute Gasteiger partial charge is 0.348 e. The van der Waals surface area contributed by atoms with Gasteiger partial charge in [-0.2, -0.15) is 4.98 Å².